The SMILES string of the molecule is CCCCCCCCCCCC=COCc1ccc(CCC(=O)OC(C)(C)C)cc1. The van der Waals surface area contributed by atoms with Gasteiger partial charge in [0.25, 0.3) is 0 Å². The Labute approximate surface area is 185 Å². The number of ether oxygens (including phenoxy) is 2. The molecule has 0 N–H and O–H groups in total. The molecule has 0 bridgehead atoms. The Bertz CT molecular complexity index is 581. The summed E-state index contributed by atoms with van der Waals surface area (Å²) in [5.41, 5.74) is 1.87. The van der Waals surface area contributed by atoms with Crippen molar-refractivity contribution < 1.29 is 14.3 Å². The van der Waals surface area contributed by atoms with E-state index in [2.05, 4.69) is 37.3 Å². The van der Waals surface area contributed by atoms with Gasteiger partial charge in [0.1, 0.15) is 12.2 Å². The molecule has 0 aliphatic heterocycles. The van der Waals surface area contributed by atoms with Gasteiger partial charge >= 0.3 is 5.97 Å². The van der Waals surface area contributed by atoms with E-state index in [0.29, 0.717) is 19.4 Å². The van der Waals surface area contributed by atoms with E-state index in [4.69, 9.17) is 9.47 Å². The van der Waals surface area contributed by atoms with E-state index in [0.717, 1.165) is 17.5 Å². The molecule has 0 aliphatic carbocycles. The molecule has 1 aromatic rings. The van der Waals surface area contributed by atoms with Gasteiger partial charge < -0.3 is 9.47 Å². The highest BCUT2D eigenvalue weighted by atomic mass is 16.6. The van der Waals surface area contributed by atoms with E-state index in [-0.39, 0.29) is 5.97 Å². The monoisotopic (exact) mass is 416 g/mol. The molecule has 0 aromatic heterocycles. The smallest absolute Gasteiger partial charge is 0.306 e. The predicted octanol–water partition coefficient (Wildman–Crippen LogP) is 7.91. The number of rotatable bonds is 16. The van der Waals surface area contributed by atoms with Crippen LogP contribution >= 0.6 is 0 Å². The average Bonchev–Trinajstić information content (AvgIpc) is 2.69. The summed E-state index contributed by atoms with van der Waals surface area (Å²) in [5, 5.41) is 0. The molecule has 3 nitrogen and oxygen atoms in total. The second-order valence-electron chi connectivity index (χ2n) is 9.20. The molecule has 30 heavy (non-hydrogen) atoms. The zero-order chi connectivity index (χ0) is 22.1. The Morgan fingerprint density at radius 1 is 0.867 bits per heavy atom. The van der Waals surface area contributed by atoms with Crippen LogP contribution in [0.1, 0.15) is 109 Å². The van der Waals surface area contributed by atoms with E-state index < -0.39 is 5.60 Å². The summed E-state index contributed by atoms with van der Waals surface area (Å²) in [5.74, 6) is -0.146. The van der Waals surface area contributed by atoms with Crippen LogP contribution in [0.25, 0.3) is 0 Å². The molecule has 0 heterocycles. The average molecular weight is 417 g/mol. The Kier molecular flexibility index (Phi) is 14.0. The quantitative estimate of drug-likeness (QED) is 0.156. The van der Waals surface area contributed by atoms with Crippen molar-refractivity contribution in [1.82, 2.24) is 0 Å². The number of carbonyl (C=O) groups is 1. The molecule has 0 fully saturated rings. The molecule has 0 saturated carbocycles. The standard InChI is InChI=1S/C27H44O3/c1-5-6-7-8-9-10-11-12-13-14-15-22-29-23-25-18-16-24(17-19-25)20-21-26(28)30-27(2,3)4/h15-19,22H,5-14,20-21,23H2,1-4H3. The van der Waals surface area contributed by atoms with E-state index >= 15 is 0 Å². The highest BCUT2D eigenvalue weighted by Crippen LogP contribution is 2.13. The summed E-state index contributed by atoms with van der Waals surface area (Å²) in [6.45, 7) is 8.53. The molecule has 0 unspecified atom stereocenters. The van der Waals surface area contributed by atoms with Crippen LogP contribution in [0.15, 0.2) is 36.6 Å². The van der Waals surface area contributed by atoms with Gasteiger partial charge in [0.05, 0.1) is 6.26 Å². The molecule has 3 heteroatoms. The van der Waals surface area contributed by atoms with Crippen LogP contribution in [-0.4, -0.2) is 11.6 Å². The van der Waals surface area contributed by atoms with Crippen LogP contribution in [-0.2, 0) is 27.3 Å². The van der Waals surface area contributed by atoms with Crippen LogP contribution in [0, 0.1) is 0 Å². The van der Waals surface area contributed by atoms with Crippen LogP contribution in [0.2, 0.25) is 0 Å². The van der Waals surface area contributed by atoms with Gasteiger partial charge in [-0.15, -0.1) is 0 Å². The molecule has 0 atom stereocenters. The third-order valence-corrected chi connectivity index (χ3v) is 4.98. The Morgan fingerprint density at radius 3 is 2.03 bits per heavy atom. The predicted molar refractivity (Wildman–Crippen MR) is 126 cm³/mol. The molecular formula is C27H44O3. The lowest BCUT2D eigenvalue weighted by atomic mass is 10.1. The third-order valence-electron chi connectivity index (χ3n) is 4.98. The van der Waals surface area contributed by atoms with Crippen molar-refractivity contribution in [1.29, 1.82) is 0 Å². The summed E-state index contributed by atoms with van der Waals surface area (Å²) in [4.78, 5) is 11.8. The van der Waals surface area contributed by atoms with Gasteiger partial charge in [-0.25, -0.2) is 0 Å². The van der Waals surface area contributed by atoms with Crippen molar-refractivity contribution in [3.63, 3.8) is 0 Å². The summed E-state index contributed by atoms with van der Waals surface area (Å²) >= 11 is 0. The first-order valence-corrected chi connectivity index (χ1v) is 12.0. The van der Waals surface area contributed by atoms with Gasteiger partial charge in [0.2, 0.25) is 0 Å². The fraction of sp³-hybridized carbons (Fsp3) is 0.667. The Balaban J connectivity index is 2.06. The molecule has 170 valence electrons. The first kappa shape index (κ1) is 26.3. The summed E-state index contributed by atoms with van der Waals surface area (Å²) in [6.07, 6.45) is 18.4. The minimum absolute atomic E-state index is 0.146. The van der Waals surface area contributed by atoms with Crippen molar-refractivity contribution in [3.8, 4) is 0 Å². The molecule has 0 radical (unpaired) electrons. The molecule has 0 saturated heterocycles. The van der Waals surface area contributed by atoms with Crippen molar-refractivity contribution in [2.45, 2.75) is 117 Å². The second-order valence-corrected chi connectivity index (χ2v) is 9.20. The van der Waals surface area contributed by atoms with E-state index in [9.17, 15) is 4.79 Å². The van der Waals surface area contributed by atoms with Crippen LogP contribution in [0.4, 0.5) is 0 Å². The van der Waals surface area contributed by atoms with Gasteiger partial charge in [-0.2, -0.15) is 0 Å². The maximum absolute atomic E-state index is 11.8. The summed E-state index contributed by atoms with van der Waals surface area (Å²) in [6, 6.07) is 8.27. The number of allylic oxidation sites excluding steroid dienone is 1. The van der Waals surface area contributed by atoms with Crippen LogP contribution in [0.3, 0.4) is 0 Å². The lowest BCUT2D eigenvalue weighted by Crippen LogP contribution is -2.23. The molecule has 0 amide bonds. The van der Waals surface area contributed by atoms with Crippen molar-refractivity contribution in [2.24, 2.45) is 0 Å². The number of hydrogen-bond donors (Lipinski definition) is 0. The lowest BCUT2D eigenvalue weighted by molar-refractivity contribution is -0.154. The fourth-order valence-corrected chi connectivity index (χ4v) is 3.29. The molecule has 0 aliphatic rings. The largest absolute Gasteiger partial charge is 0.497 e. The summed E-state index contributed by atoms with van der Waals surface area (Å²) < 4.78 is 11.0. The van der Waals surface area contributed by atoms with Crippen molar-refractivity contribution in [2.75, 3.05) is 0 Å². The Hall–Kier alpha value is -1.77. The number of aryl methyl sites for hydroxylation is 1. The molecule has 0 spiro atoms. The zero-order valence-electron chi connectivity index (χ0n) is 19.9. The first-order valence-electron chi connectivity index (χ1n) is 12.0. The number of unbranched alkanes of at least 4 members (excludes halogenated alkanes) is 9. The van der Waals surface area contributed by atoms with Crippen LogP contribution in [0.5, 0.6) is 0 Å². The topological polar surface area (TPSA) is 35.5 Å². The van der Waals surface area contributed by atoms with Gasteiger partial charge in [-0.05, 0) is 57.2 Å². The normalized spacial score (nSPS) is 11.7. The third kappa shape index (κ3) is 15.1. The van der Waals surface area contributed by atoms with Gasteiger partial charge in [-0.1, -0.05) is 82.6 Å². The minimum atomic E-state index is -0.417. The second kappa shape index (κ2) is 16.0. The molecule has 1 rings (SSSR count). The van der Waals surface area contributed by atoms with E-state index in [1.54, 1.807) is 0 Å². The molecular weight excluding hydrogens is 372 g/mol. The molecule has 1 aromatic carbocycles. The maximum Gasteiger partial charge on any atom is 0.306 e. The zero-order valence-corrected chi connectivity index (χ0v) is 19.9. The highest BCUT2D eigenvalue weighted by Gasteiger charge is 2.15. The lowest BCUT2D eigenvalue weighted by Gasteiger charge is -2.19. The van der Waals surface area contributed by atoms with Crippen molar-refractivity contribution >= 4 is 5.97 Å². The van der Waals surface area contributed by atoms with E-state index in [1.807, 2.05) is 27.0 Å². The number of esters is 1. The van der Waals surface area contributed by atoms with Gasteiger partial charge in [0, 0.05) is 6.42 Å². The number of hydrogen-bond acceptors (Lipinski definition) is 3. The van der Waals surface area contributed by atoms with Crippen LogP contribution < -0.4 is 0 Å². The maximum atomic E-state index is 11.8. The summed E-state index contributed by atoms with van der Waals surface area (Å²) in [7, 11) is 0. The number of benzene rings is 1. The number of carbonyl (C=O) groups excluding carboxylic acids is 1. The first-order chi connectivity index (χ1) is 14.4. The van der Waals surface area contributed by atoms with Gasteiger partial charge in [-0.3, -0.25) is 4.79 Å². The Morgan fingerprint density at radius 2 is 1.43 bits per heavy atom. The fourth-order valence-electron chi connectivity index (χ4n) is 3.29. The van der Waals surface area contributed by atoms with E-state index in [1.165, 1.54) is 57.8 Å². The van der Waals surface area contributed by atoms with Crippen molar-refractivity contribution in [3.05, 3.63) is 47.7 Å². The van der Waals surface area contributed by atoms with Gasteiger partial charge in [0.15, 0.2) is 0 Å². The highest BCUT2D eigenvalue weighted by molar-refractivity contribution is 5.70. The minimum Gasteiger partial charge on any atom is -0.497 e.